The lowest BCUT2D eigenvalue weighted by molar-refractivity contribution is 0.341. The molecule has 0 aliphatic heterocycles. The van der Waals surface area contributed by atoms with Crippen LogP contribution >= 0.6 is 22.6 Å². The lowest BCUT2D eigenvalue weighted by Gasteiger charge is -2.10. The molecular weight excluding hydrogens is 267 g/mol. The Morgan fingerprint density at radius 3 is 2.92 bits per heavy atom. The van der Waals surface area contributed by atoms with Crippen molar-refractivity contribution in [2.24, 2.45) is 5.84 Å². The second-order valence-electron chi connectivity index (χ2n) is 2.19. The average molecular weight is 278 g/mol. The lowest BCUT2D eigenvalue weighted by Crippen LogP contribution is -2.10. The second-order valence-corrected chi connectivity index (χ2v) is 3.35. The zero-order valence-corrected chi connectivity index (χ0v) is 8.96. The summed E-state index contributed by atoms with van der Waals surface area (Å²) in [7, 11) is 0. The molecule has 0 aliphatic carbocycles. The molecule has 3 nitrogen and oxygen atoms in total. The number of nitrogens with two attached hydrogens (primary N) is 1. The Morgan fingerprint density at radius 2 is 2.33 bits per heavy atom. The van der Waals surface area contributed by atoms with Crippen LogP contribution in [0.2, 0.25) is 0 Å². The van der Waals surface area contributed by atoms with Crippen LogP contribution in [0.25, 0.3) is 0 Å². The minimum atomic E-state index is 0.648. The number of hydrogen-bond acceptors (Lipinski definition) is 3. The molecule has 0 spiro atoms. The Hall–Kier alpha value is -0.490. The van der Waals surface area contributed by atoms with Crippen LogP contribution in [0, 0.1) is 3.57 Å². The normalized spacial score (nSPS) is 9.58. The van der Waals surface area contributed by atoms with Gasteiger partial charge in [0.25, 0.3) is 0 Å². The number of ether oxygens (including phenoxy) is 1. The molecule has 1 rings (SSSR count). The van der Waals surface area contributed by atoms with Gasteiger partial charge in [0.05, 0.1) is 6.61 Å². The molecule has 0 unspecified atom stereocenters. The average Bonchev–Trinajstić information content (AvgIpc) is 2.05. The van der Waals surface area contributed by atoms with Gasteiger partial charge in [-0.25, -0.2) is 0 Å². The fourth-order valence-electron chi connectivity index (χ4n) is 0.920. The third-order valence-electron chi connectivity index (χ3n) is 1.42. The first-order valence-corrected chi connectivity index (χ1v) is 4.75. The van der Waals surface area contributed by atoms with E-state index < -0.39 is 0 Å². The summed E-state index contributed by atoms with van der Waals surface area (Å²) in [5.74, 6) is 6.14. The van der Waals surface area contributed by atoms with E-state index >= 15 is 0 Å². The van der Waals surface area contributed by atoms with E-state index in [1.54, 1.807) is 0 Å². The minimum Gasteiger partial charge on any atom is -0.492 e. The van der Waals surface area contributed by atoms with E-state index in [4.69, 9.17) is 10.6 Å². The maximum atomic E-state index is 5.36. The smallest absolute Gasteiger partial charge is 0.144 e. The number of nitrogen functional groups attached to an aromatic ring is 1. The van der Waals surface area contributed by atoms with Crippen LogP contribution in [0.15, 0.2) is 18.2 Å². The predicted octanol–water partition coefficient (Wildman–Crippen LogP) is 1.98. The molecule has 0 aromatic heterocycles. The number of rotatable bonds is 3. The molecule has 66 valence electrons. The molecular formula is C8H11IN2O. The van der Waals surface area contributed by atoms with Gasteiger partial charge in [-0.15, -0.1) is 0 Å². The van der Waals surface area contributed by atoms with Gasteiger partial charge in [-0.2, -0.15) is 0 Å². The van der Waals surface area contributed by atoms with Crippen LogP contribution in [0.3, 0.4) is 0 Å². The van der Waals surface area contributed by atoms with E-state index in [9.17, 15) is 0 Å². The maximum absolute atomic E-state index is 5.36. The third kappa shape index (κ3) is 2.01. The number of para-hydroxylation sites is 1. The van der Waals surface area contributed by atoms with E-state index in [0.29, 0.717) is 6.61 Å². The van der Waals surface area contributed by atoms with Gasteiger partial charge in [-0.1, -0.05) is 6.07 Å². The van der Waals surface area contributed by atoms with Crippen LogP contribution in [0.5, 0.6) is 5.75 Å². The Labute approximate surface area is 85.4 Å². The first-order chi connectivity index (χ1) is 5.79. The highest BCUT2D eigenvalue weighted by Gasteiger charge is 2.04. The highest BCUT2D eigenvalue weighted by Crippen LogP contribution is 2.28. The predicted molar refractivity (Wildman–Crippen MR) is 58.1 cm³/mol. The number of nitrogens with one attached hydrogen (secondary N) is 1. The number of anilines is 1. The molecule has 0 saturated carbocycles. The fourth-order valence-corrected chi connectivity index (χ4v) is 1.55. The summed E-state index contributed by atoms with van der Waals surface area (Å²) in [6.07, 6.45) is 0. The standard InChI is InChI=1S/C8H11IN2O/c1-2-12-7-5-3-4-6(9)8(7)11-10/h3-5,11H,2,10H2,1H3. The van der Waals surface area contributed by atoms with Crippen molar-refractivity contribution in [2.45, 2.75) is 6.92 Å². The van der Waals surface area contributed by atoms with E-state index in [1.165, 1.54) is 0 Å². The van der Waals surface area contributed by atoms with Gasteiger partial charge in [-0.3, -0.25) is 5.84 Å². The summed E-state index contributed by atoms with van der Waals surface area (Å²) in [5, 5.41) is 0. The molecule has 1 aromatic carbocycles. The van der Waals surface area contributed by atoms with Crippen LogP contribution in [0.1, 0.15) is 6.92 Å². The fraction of sp³-hybridized carbons (Fsp3) is 0.250. The number of halogens is 1. The summed E-state index contributed by atoms with van der Waals surface area (Å²) < 4.78 is 6.42. The molecule has 0 saturated heterocycles. The van der Waals surface area contributed by atoms with Crippen molar-refractivity contribution >= 4 is 28.3 Å². The molecule has 0 amide bonds. The summed E-state index contributed by atoms with van der Waals surface area (Å²) in [6.45, 7) is 2.59. The van der Waals surface area contributed by atoms with Crippen LogP contribution < -0.4 is 16.0 Å². The van der Waals surface area contributed by atoms with E-state index in [1.807, 2.05) is 25.1 Å². The Balaban J connectivity index is 3.00. The van der Waals surface area contributed by atoms with Crippen LogP contribution in [-0.4, -0.2) is 6.61 Å². The van der Waals surface area contributed by atoms with Gasteiger partial charge in [0, 0.05) is 3.57 Å². The largest absolute Gasteiger partial charge is 0.492 e. The quantitative estimate of drug-likeness (QED) is 0.505. The number of benzene rings is 1. The highest BCUT2D eigenvalue weighted by molar-refractivity contribution is 14.1. The minimum absolute atomic E-state index is 0.648. The van der Waals surface area contributed by atoms with Gasteiger partial charge in [0.15, 0.2) is 0 Å². The third-order valence-corrected chi connectivity index (χ3v) is 2.32. The molecule has 0 fully saturated rings. The first kappa shape index (κ1) is 9.60. The van der Waals surface area contributed by atoms with Crippen molar-refractivity contribution in [3.63, 3.8) is 0 Å². The van der Waals surface area contributed by atoms with Crippen molar-refractivity contribution in [3.8, 4) is 5.75 Å². The molecule has 0 aliphatic rings. The van der Waals surface area contributed by atoms with Gasteiger partial charge < -0.3 is 10.2 Å². The van der Waals surface area contributed by atoms with Crippen LogP contribution in [0.4, 0.5) is 5.69 Å². The number of hydrazine groups is 1. The van der Waals surface area contributed by atoms with Crippen LogP contribution in [-0.2, 0) is 0 Å². The highest BCUT2D eigenvalue weighted by atomic mass is 127. The molecule has 0 bridgehead atoms. The second kappa shape index (κ2) is 4.51. The summed E-state index contributed by atoms with van der Waals surface area (Å²) >= 11 is 2.20. The summed E-state index contributed by atoms with van der Waals surface area (Å²) in [5.41, 5.74) is 3.46. The molecule has 1 aromatic rings. The molecule has 3 N–H and O–H groups in total. The molecule has 0 heterocycles. The first-order valence-electron chi connectivity index (χ1n) is 3.67. The van der Waals surface area contributed by atoms with E-state index in [-0.39, 0.29) is 0 Å². The topological polar surface area (TPSA) is 47.3 Å². The monoisotopic (exact) mass is 278 g/mol. The van der Waals surface area contributed by atoms with Gasteiger partial charge in [0.1, 0.15) is 11.4 Å². The molecule has 0 atom stereocenters. The summed E-state index contributed by atoms with van der Waals surface area (Å²) in [4.78, 5) is 0. The van der Waals surface area contributed by atoms with Crippen molar-refractivity contribution < 1.29 is 4.74 Å². The maximum Gasteiger partial charge on any atom is 0.144 e. The lowest BCUT2D eigenvalue weighted by atomic mass is 10.3. The van der Waals surface area contributed by atoms with Gasteiger partial charge in [0.2, 0.25) is 0 Å². The molecule has 12 heavy (non-hydrogen) atoms. The van der Waals surface area contributed by atoms with Gasteiger partial charge in [-0.05, 0) is 41.6 Å². The summed E-state index contributed by atoms with van der Waals surface area (Å²) in [6, 6.07) is 5.80. The van der Waals surface area contributed by atoms with Crippen molar-refractivity contribution in [1.82, 2.24) is 0 Å². The van der Waals surface area contributed by atoms with Gasteiger partial charge >= 0.3 is 0 Å². The van der Waals surface area contributed by atoms with Crippen molar-refractivity contribution in [1.29, 1.82) is 0 Å². The molecule has 0 radical (unpaired) electrons. The van der Waals surface area contributed by atoms with E-state index in [0.717, 1.165) is 15.0 Å². The van der Waals surface area contributed by atoms with E-state index in [2.05, 4.69) is 28.0 Å². The Morgan fingerprint density at radius 1 is 1.58 bits per heavy atom. The SMILES string of the molecule is CCOc1cccc(I)c1NN. The zero-order chi connectivity index (χ0) is 8.97. The number of hydrogen-bond donors (Lipinski definition) is 2. The van der Waals surface area contributed by atoms with Crippen molar-refractivity contribution in [2.75, 3.05) is 12.0 Å². The Bertz CT molecular complexity index is 265. The Kier molecular flexibility index (Phi) is 3.61. The zero-order valence-electron chi connectivity index (χ0n) is 6.80. The van der Waals surface area contributed by atoms with Crippen molar-refractivity contribution in [3.05, 3.63) is 21.8 Å². The molecule has 4 heteroatoms.